The van der Waals surface area contributed by atoms with Crippen molar-refractivity contribution >= 4 is 24.1 Å². The highest BCUT2D eigenvalue weighted by Gasteiger charge is 2.15. The van der Waals surface area contributed by atoms with Gasteiger partial charge in [0, 0.05) is 11.5 Å². The Bertz CT molecular complexity index is 156. The van der Waals surface area contributed by atoms with Crippen LogP contribution in [0.5, 0.6) is 0 Å². The van der Waals surface area contributed by atoms with Crippen molar-refractivity contribution in [3.8, 4) is 0 Å². The first-order valence-corrected chi connectivity index (χ1v) is 4.44. The molecule has 0 aromatic carbocycles. The van der Waals surface area contributed by atoms with Crippen molar-refractivity contribution in [2.24, 2.45) is 0 Å². The van der Waals surface area contributed by atoms with Crippen molar-refractivity contribution < 1.29 is 19.1 Å². The van der Waals surface area contributed by atoms with Gasteiger partial charge in [-0.05, 0) is 0 Å². The second-order valence-corrected chi connectivity index (χ2v) is 3.09. The van der Waals surface area contributed by atoms with Crippen molar-refractivity contribution in [1.29, 1.82) is 0 Å². The molecule has 0 bridgehead atoms. The summed E-state index contributed by atoms with van der Waals surface area (Å²) < 4.78 is 11.6. The Hall–Kier alpha value is -0.780. The Morgan fingerprint density at radius 3 is 2.83 bits per heavy atom. The molecule has 0 aliphatic rings. The number of carbonyl (C=O) groups is 2. The molecule has 0 aliphatic carbocycles. The maximum atomic E-state index is 11.6. The van der Waals surface area contributed by atoms with Crippen LogP contribution in [0.3, 0.4) is 0 Å². The summed E-state index contributed by atoms with van der Waals surface area (Å²) in [6.07, 6.45) is 0.328. The van der Waals surface area contributed by atoms with E-state index >= 15 is 0 Å². The molecule has 4 nitrogen and oxygen atoms in total. The molecule has 2 N–H and O–H groups in total. The summed E-state index contributed by atoms with van der Waals surface area (Å²) in [6.45, 7) is -0.488. The predicted molar refractivity (Wildman–Crippen MR) is 43.9 cm³/mol. The number of thioether (sulfide) groups is 1. The molecular formula is C6H10FNO3S. The van der Waals surface area contributed by atoms with Gasteiger partial charge >= 0.3 is 5.97 Å². The van der Waals surface area contributed by atoms with Crippen LogP contribution in [0.2, 0.25) is 0 Å². The number of aliphatic carboxylic acids is 1. The number of amides is 1. The molecule has 0 rings (SSSR count). The van der Waals surface area contributed by atoms with Crippen LogP contribution in [0.15, 0.2) is 0 Å². The van der Waals surface area contributed by atoms with Gasteiger partial charge in [0.1, 0.15) is 6.04 Å². The second-order valence-electron chi connectivity index (χ2n) is 1.94. The number of carboxylic acid groups (broad SMARTS) is 1. The van der Waals surface area contributed by atoms with Crippen LogP contribution in [0.25, 0.3) is 0 Å². The molecule has 0 radical (unpaired) electrons. The SMILES string of the molecule is O=CNC(CSCCF)C(=O)O. The number of alkyl halides is 1. The highest BCUT2D eigenvalue weighted by Crippen LogP contribution is 2.02. The first-order chi connectivity index (χ1) is 5.72. The maximum Gasteiger partial charge on any atom is 0.327 e. The molecule has 0 fully saturated rings. The summed E-state index contributed by atoms with van der Waals surface area (Å²) in [6, 6.07) is -0.918. The standard InChI is InChI=1S/C6H10FNO3S/c7-1-2-12-3-5(6(10)11)8-4-9/h4-5H,1-3H2,(H,8,9)(H,10,11). The molecule has 0 aromatic heterocycles. The summed E-state index contributed by atoms with van der Waals surface area (Å²) in [5, 5.41) is 10.6. The fourth-order valence-electron chi connectivity index (χ4n) is 0.529. The summed E-state index contributed by atoms with van der Waals surface area (Å²) in [4.78, 5) is 20.2. The van der Waals surface area contributed by atoms with Crippen molar-refractivity contribution in [2.75, 3.05) is 18.2 Å². The van der Waals surface area contributed by atoms with Gasteiger partial charge in [-0.3, -0.25) is 9.18 Å². The molecule has 0 heterocycles. The molecular weight excluding hydrogens is 185 g/mol. The van der Waals surface area contributed by atoms with Gasteiger partial charge in [0.15, 0.2) is 0 Å². The van der Waals surface area contributed by atoms with Crippen LogP contribution in [0, 0.1) is 0 Å². The first-order valence-electron chi connectivity index (χ1n) is 3.28. The third-order valence-corrected chi connectivity index (χ3v) is 2.09. The number of halogens is 1. The molecule has 0 saturated heterocycles. The van der Waals surface area contributed by atoms with E-state index in [0.29, 0.717) is 6.41 Å². The number of hydrogen-bond acceptors (Lipinski definition) is 3. The monoisotopic (exact) mass is 195 g/mol. The van der Waals surface area contributed by atoms with Gasteiger partial charge < -0.3 is 10.4 Å². The Kier molecular flexibility index (Phi) is 6.45. The third kappa shape index (κ3) is 4.95. The zero-order valence-electron chi connectivity index (χ0n) is 6.33. The minimum Gasteiger partial charge on any atom is -0.480 e. The van der Waals surface area contributed by atoms with Gasteiger partial charge in [-0.1, -0.05) is 0 Å². The lowest BCUT2D eigenvalue weighted by atomic mass is 10.3. The largest absolute Gasteiger partial charge is 0.480 e. The van der Waals surface area contributed by atoms with E-state index in [9.17, 15) is 14.0 Å². The van der Waals surface area contributed by atoms with Crippen molar-refractivity contribution in [2.45, 2.75) is 6.04 Å². The van der Waals surface area contributed by atoms with Gasteiger partial charge in [-0.15, -0.1) is 0 Å². The molecule has 0 spiro atoms. The Morgan fingerprint density at radius 1 is 1.75 bits per heavy atom. The minimum atomic E-state index is -1.10. The maximum absolute atomic E-state index is 11.6. The molecule has 1 amide bonds. The average molecular weight is 195 g/mol. The van der Waals surface area contributed by atoms with Gasteiger partial charge in [0.05, 0.1) is 6.67 Å². The summed E-state index contributed by atoms with van der Waals surface area (Å²) in [5.41, 5.74) is 0. The van der Waals surface area contributed by atoms with E-state index in [1.54, 1.807) is 0 Å². The van der Waals surface area contributed by atoms with Crippen LogP contribution in [-0.4, -0.2) is 41.7 Å². The van der Waals surface area contributed by atoms with E-state index in [0.717, 1.165) is 11.8 Å². The zero-order valence-corrected chi connectivity index (χ0v) is 7.14. The lowest BCUT2D eigenvalue weighted by molar-refractivity contribution is -0.139. The van der Waals surface area contributed by atoms with E-state index in [1.165, 1.54) is 0 Å². The van der Waals surface area contributed by atoms with Crippen LogP contribution in [0.1, 0.15) is 0 Å². The summed E-state index contributed by atoms with van der Waals surface area (Å²) >= 11 is 1.15. The average Bonchev–Trinajstić information content (AvgIpc) is 2.03. The number of rotatable bonds is 7. The topological polar surface area (TPSA) is 66.4 Å². The van der Waals surface area contributed by atoms with Gasteiger partial charge in [0.25, 0.3) is 0 Å². The smallest absolute Gasteiger partial charge is 0.327 e. The van der Waals surface area contributed by atoms with Gasteiger partial charge in [0.2, 0.25) is 6.41 Å². The van der Waals surface area contributed by atoms with Crippen LogP contribution < -0.4 is 5.32 Å². The lowest BCUT2D eigenvalue weighted by Crippen LogP contribution is -2.37. The molecule has 1 unspecified atom stereocenters. The Balaban J connectivity index is 3.63. The van der Waals surface area contributed by atoms with E-state index in [1.807, 2.05) is 0 Å². The van der Waals surface area contributed by atoms with E-state index in [-0.39, 0.29) is 11.5 Å². The highest BCUT2D eigenvalue weighted by atomic mass is 32.2. The molecule has 0 aliphatic heterocycles. The Morgan fingerprint density at radius 2 is 2.42 bits per heavy atom. The van der Waals surface area contributed by atoms with Crippen LogP contribution in [0.4, 0.5) is 4.39 Å². The molecule has 0 aromatic rings. The summed E-state index contributed by atoms with van der Waals surface area (Å²) in [7, 11) is 0. The van der Waals surface area contributed by atoms with Crippen LogP contribution in [-0.2, 0) is 9.59 Å². The van der Waals surface area contributed by atoms with Crippen molar-refractivity contribution in [1.82, 2.24) is 5.32 Å². The normalized spacial score (nSPS) is 12.1. The molecule has 0 saturated carbocycles. The number of carboxylic acids is 1. The second kappa shape index (κ2) is 6.90. The molecule has 1 atom stereocenters. The highest BCUT2D eigenvalue weighted by molar-refractivity contribution is 7.99. The third-order valence-electron chi connectivity index (χ3n) is 1.07. The van der Waals surface area contributed by atoms with Crippen molar-refractivity contribution in [3.05, 3.63) is 0 Å². The fraction of sp³-hybridized carbons (Fsp3) is 0.667. The first kappa shape index (κ1) is 11.2. The number of nitrogens with one attached hydrogen (secondary N) is 1. The molecule has 12 heavy (non-hydrogen) atoms. The minimum absolute atomic E-state index is 0.192. The number of hydrogen-bond donors (Lipinski definition) is 2. The quantitative estimate of drug-likeness (QED) is 0.439. The molecule has 6 heteroatoms. The molecule has 70 valence electrons. The van der Waals surface area contributed by atoms with E-state index < -0.39 is 18.7 Å². The lowest BCUT2D eigenvalue weighted by Gasteiger charge is -2.08. The van der Waals surface area contributed by atoms with Gasteiger partial charge in [-0.2, -0.15) is 11.8 Å². The Labute approximate surface area is 73.5 Å². The zero-order chi connectivity index (χ0) is 9.40. The predicted octanol–water partition coefficient (Wildman–Crippen LogP) is -0.112. The van der Waals surface area contributed by atoms with E-state index in [4.69, 9.17) is 5.11 Å². The van der Waals surface area contributed by atoms with E-state index in [2.05, 4.69) is 5.32 Å². The van der Waals surface area contributed by atoms with Crippen LogP contribution >= 0.6 is 11.8 Å². The van der Waals surface area contributed by atoms with Gasteiger partial charge in [-0.25, -0.2) is 4.79 Å². The van der Waals surface area contributed by atoms with Crippen molar-refractivity contribution in [3.63, 3.8) is 0 Å². The summed E-state index contributed by atoms with van der Waals surface area (Å²) in [5.74, 6) is -0.657. The fourth-order valence-corrected chi connectivity index (χ4v) is 1.28. The number of carbonyl (C=O) groups excluding carboxylic acids is 1.